The number of rotatable bonds is 16. The van der Waals surface area contributed by atoms with E-state index in [1.165, 1.54) is 7.11 Å². The maximum Gasteiger partial charge on any atom is 0.223 e. The molecule has 2 N–H and O–H groups in total. The Kier molecular flexibility index (Phi) is 11.3. The van der Waals surface area contributed by atoms with E-state index in [9.17, 15) is 24.3 Å². The smallest absolute Gasteiger partial charge is 0.223 e. The molecule has 1 saturated carbocycles. The van der Waals surface area contributed by atoms with Crippen molar-refractivity contribution in [2.75, 3.05) is 46.6 Å². The van der Waals surface area contributed by atoms with Crippen LogP contribution >= 0.6 is 0 Å². The fourth-order valence-electron chi connectivity index (χ4n) is 6.12. The second-order valence-corrected chi connectivity index (χ2v) is 12.4. The third-order valence-corrected chi connectivity index (χ3v) is 8.91. The van der Waals surface area contributed by atoms with E-state index in [-0.39, 0.29) is 31.0 Å². The first-order chi connectivity index (χ1) is 20.1. The number of hydrogen-bond acceptors (Lipinski definition) is 9. The number of hydrogen-bond donors (Lipinski definition) is 2. The summed E-state index contributed by atoms with van der Waals surface area (Å²) in [5.74, 6) is -1.37. The number of carbonyl (C=O) groups is 4. The van der Waals surface area contributed by atoms with E-state index in [0.717, 1.165) is 25.7 Å². The van der Waals surface area contributed by atoms with Crippen LogP contribution in [0.4, 0.5) is 0 Å². The molecule has 0 aromatic heterocycles. The molecule has 2 heterocycles. The molecule has 1 aromatic rings. The number of methoxy groups -OCH3 is 1. The van der Waals surface area contributed by atoms with Crippen LogP contribution in [0.3, 0.4) is 0 Å². The fourth-order valence-corrected chi connectivity index (χ4v) is 6.12. The lowest BCUT2D eigenvalue weighted by Gasteiger charge is -2.28. The van der Waals surface area contributed by atoms with Gasteiger partial charge in [0, 0.05) is 37.8 Å². The minimum atomic E-state index is -1.35. The second-order valence-electron chi connectivity index (χ2n) is 12.4. The standard InChI is InChI=1S/C32H46N2O8/c1-21(16-25(35)19-34-12-14-41-15-13-34)31(39)33-28(29(37)23-8-10-26(40-3)11-9-23)27(36)18-24(17-22-6-4-5-7-22)30(38)32(2)20-42-32/h8-11,21-22,24,28-29,37H,4-7,12-20H2,1-3H3,(H,33,39)/t21-,24-,28-,29+,32-/m1/s1. The Balaban J connectivity index is 1.47. The van der Waals surface area contributed by atoms with E-state index in [2.05, 4.69) is 5.32 Å². The van der Waals surface area contributed by atoms with Gasteiger partial charge in [-0.1, -0.05) is 44.7 Å². The van der Waals surface area contributed by atoms with Gasteiger partial charge in [0.05, 0.1) is 33.5 Å². The highest BCUT2D eigenvalue weighted by Crippen LogP contribution is 2.38. The highest BCUT2D eigenvalue weighted by Gasteiger charge is 2.50. The third-order valence-electron chi connectivity index (χ3n) is 8.91. The Morgan fingerprint density at radius 3 is 2.33 bits per heavy atom. The van der Waals surface area contributed by atoms with E-state index in [1.54, 1.807) is 38.1 Å². The van der Waals surface area contributed by atoms with Gasteiger partial charge in [0.15, 0.2) is 11.6 Å². The molecule has 3 fully saturated rings. The molecule has 1 aliphatic carbocycles. The first-order valence-electron chi connectivity index (χ1n) is 15.2. The fraction of sp³-hybridized carbons (Fsp3) is 0.688. The van der Waals surface area contributed by atoms with Gasteiger partial charge in [-0.05, 0) is 37.0 Å². The summed E-state index contributed by atoms with van der Waals surface area (Å²) in [5, 5.41) is 14.1. The van der Waals surface area contributed by atoms with Crippen LogP contribution in [0.15, 0.2) is 24.3 Å². The van der Waals surface area contributed by atoms with Gasteiger partial charge < -0.3 is 24.6 Å². The molecule has 4 rings (SSSR count). The molecule has 10 heteroatoms. The first kappa shape index (κ1) is 32.3. The maximum absolute atomic E-state index is 13.9. The number of amides is 1. The van der Waals surface area contributed by atoms with Crippen LogP contribution in [0.1, 0.15) is 70.5 Å². The van der Waals surface area contributed by atoms with Crippen molar-refractivity contribution < 1.29 is 38.5 Å². The molecule has 0 bridgehead atoms. The highest BCUT2D eigenvalue weighted by atomic mass is 16.6. The van der Waals surface area contributed by atoms with Gasteiger partial charge in [-0.3, -0.25) is 24.1 Å². The number of nitrogens with zero attached hydrogens (tertiary/aromatic N) is 1. The van der Waals surface area contributed by atoms with Crippen molar-refractivity contribution in [2.45, 2.75) is 76.5 Å². The Labute approximate surface area is 248 Å². The topological polar surface area (TPSA) is 135 Å². The van der Waals surface area contributed by atoms with Crippen LogP contribution in [-0.4, -0.2) is 91.5 Å². The number of benzene rings is 1. The SMILES string of the molecule is COc1ccc([C@H](O)[C@H](NC(=O)[C@H](C)CC(=O)CN2CCOCC2)C(=O)C[C@@H](CC2CCCC2)C(=O)[C@@]2(C)CO2)cc1. The molecular weight excluding hydrogens is 540 g/mol. The quantitative estimate of drug-likeness (QED) is 0.280. The molecule has 0 unspecified atom stereocenters. The molecule has 5 atom stereocenters. The van der Waals surface area contributed by atoms with Crippen LogP contribution in [0.25, 0.3) is 0 Å². The van der Waals surface area contributed by atoms with Crippen molar-refractivity contribution in [3.8, 4) is 5.75 Å². The van der Waals surface area contributed by atoms with Crippen LogP contribution in [0.5, 0.6) is 5.75 Å². The predicted octanol–water partition coefficient (Wildman–Crippen LogP) is 2.65. The number of carbonyl (C=O) groups excluding carboxylic acids is 4. The number of nitrogens with one attached hydrogen (secondary N) is 1. The van der Waals surface area contributed by atoms with Gasteiger partial charge in [0.2, 0.25) is 5.91 Å². The molecular formula is C32H46N2O8. The van der Waals surface area contributed by atoms with Crippen molar-refractivity contribution >= 4 is 23.3 Å². The van der Waals surface area contributed by atoms with E-state index in [0.29, 0.717) is 56.6 Å². The van der Waals surface area contributed by atoms with Gasteiger partial charge in [-0.15, -0.1) is 0 Å². The summed E-state index contributed by atoms with van der Waals surface area (Å²) in [4.78, 5) is 55.3. The molecule has 1 aromatic carbocycles. The Bertz CT molecular complexity index is 1090. The average Bonchev–Trinajstić information content (AvgIpc) is 3.53. The summed E-state index contributed by atoms with van der Waals surface area (Å²) in [6, 6.07) is 5.35. The summed E-state index contributed by atoms with van der Waals surface area (Å²) in [6.45, 7) is 6.46. The van der Waals surface area contributed by atoms with Gasteiger partial charge in [0.25, 0.3) is 0 Å². The zero-order valence-corrected chi connectivity index (χ0v) is 25.1. The molecule has 2 aliphatic heterocycles. The number of aliphatic hydroxyl groups excluding tert-OH is 1. The summed E-state index contributed by atoms with van der Waals surface area (Å²) < 4.78 is 16.0. The van der Waals surface area contributed by atoms with Crippen molar-refractivity contribution in [2.24, 2.45) is 17.8 Å². The number of epoxide rings is 1. The van der Waals surface area contributed by atoms with E-state index < -0.39 is 41.3 Å². The van der Waals surface area contributed by atoms with Crippen LogP contribution < -0.4 is 10.1 Å². The highest BCUT2D eigenvalue weighted by molar-refractivity contribution is 5.97. The summed E-state index contributed by atoms with van der Waals surface area (Å²) in [7, 11) is 1.53. The molecule has 232 valence electrons. The first-order valence-corrected chi connectivity index (χ1v) is 15.2. The number of ether oxygens (including phenoxy) is 3. The third kappa shape index (κ3) is 8.69. The lowest BCUT2D eigenvalue weighted by molar-refractivity contribution is -0.136. The molecule has 3 aliphatic rings. The summed E-state index contributed by atoms with van der Waals surface area (Å²) >= 11 is 0. The van der Waals surface area contributed by atoms with Gasteiger partial charge in [-0.2, -0.15) is 0 Å². The zero-order chi connectivity index (χ0) is 30.3. The van der Waals surface area contributed by atoms with E-state index >= 15 is 0 Å². The Morgan fingerprint density at radius 2 is 1.74 bits per heavy atom. The second kappa shape index (κ2) is 14.7. The van der Waals surface area contributed by atoms with Gasteiger partial charge >= 0.3 is 0 Å². The van der Waals surface area contributed by atoms with E-state index in [1.807, 2.05) is 4.90 Å². The molecule has 0 spiro atoms. The molecule has 2 saturated heterocycles. The Morgan fingerprint density at radius 1 is 1.10 bits per heavy atom. The lowest BCUT2D eigenvalue weighted by Crippen LogP contribution is -2.48. The van der Waals surface area contributed by atoms with Crippen molar-refractivity contribution in [1.82, 2.24) is 10.2 Å². The predicted molar refractivity (Wildman–Crippen MR) is 155 cm³/mol. The van der Waals surface area contributed by atoms with Crippen LogP contribution in [0, 0.1) is 17.8 Å². The minimum absolute atomic E-state index is 0.0151. The average molecular weight is 587 g/mol. The van der Waals surface area contributed by atoms with Gasteiger partial charge in [0.1, 0.15) is 29.3 Å². The van der Waals surface area contributed by atoms with Crippen LogP contribution in [0.2, 0.25) is 0 Å². The number of ketones is 3. The number of Topliss-reactive ketones (excluding diaryl/α,β-unsaturated/α-hetero) is 3. The summed E-state index contributed by atoms with van der Waals surface area (Å²) in [6.07, 6.45) is 3.45. The molecule has 0 radical (unpaired) electrons. The zero-order valence-electron chi connectivity index (χ0n) is 25.1. The van der Waals surface area contributed by atoms with Crippen molar-refractivity contribution in [3.05, 3.63) is 29.8 Å². The normalized spacial score (nSPS) is 23.9. The van der Waals surface area contributed by atoms with Crippen molar-refractivity contribution in [3.63, 3.8) is 0 Å². The van der Waals surface area contributed by atoms with Gasteiger partial charge in [-0.25, -0.2) is 0 Å². The Hall–Kier alpha value is -2.66. The number of morpholine rings is 1. The lowest BCUT2D eigenvalue weighted by atomic mass is 9.81. The van der Waals surface area contributed by atoms with Crippen LogP contribution in [-0.2, 0) is 28.7 Å². The van der Waals surface area contributed by atoms with Crippen molar-refractivity contribution in [1.29, 1.82) is 0 Å². The maximum atomic E-state index is 13.9. The largest absolute Gasteiger partial charge is 0.497 e. The summed E-state index contributed by atoms with van der Waals surface area (Å²) in [5.41, 5.74) is -0.437. The molecule has 10 nitrogen and oxygen atoms in total. The number of aliphatic hydroxyl groups is 1. The van der Waals surface area contributed by atoms with E-state index in [4.69, 9.17) is 14.2 Å². The molecule has 42 heavy (non-hydrogen) atoms. The minimum Gasteiger partial charge on any atom is -0.497 e. The monoisotopic (exact) mass is 586 g/mol. The molecule has 1 amide bonds.